The quantitative estimate of drug-likeness (QED) is 0.368. The van der Waals surface area contributed by atoms with E-state index in [1.807, 2.05) is 7.05 Å². The maximum absolute atomic E-state index is 5.65. The molecule has 1 atom stereocenters. The second-order valence-electron chi connectivity index (χ2n) is 6.89. The Labute approximate surface area is 142 Å². The zero-order valence-corrected chi connectivity index (χ0v) is 15.1. The van der Waals surface area contributed by atoms with Crippen molar-refractivity contribution in [2.75, 3.05) is 46.4 Å². The summed E-state index contributed by atoms with van der Waals surface area (Å²) in [6.45, 7) is 8.38. The first kappa shape index (κ1) is 18.5. The molecule has 1 saturated heterocycles. The second kappa shape index (κ2) is 10.9. The van der Waals surface area contributed by atoms with E-state index in [4.69, 9.17) is 4.74 Å². The summed E-state index contributed by atoms with van der Waals surface area (Å²) in [5.74, 6) is 1.77. The fourth-order valence-electron chi connectivity index (χ4n) is 3.27. The molecule has 2 N–H and O–H groups in total. The Morgan fingerprint density at radius 2 is 2.00 bits per heavy atom. The normalized spacial score (nSPS) is 23.0. The van der Waals surface area contributed by atoms with E-state index in [1.165, 1.54) is 45.1 Å². The molecule has 2 aliphatic rings. The Bertz CT molecular complexity index is 344. The molecule has 0 spiro atoms. The molecule has 1 unspecified atom stereocenters. The van der Waals surface area contributed by atoms with E-state index < -0.39 is 0 Å². The Morgan fingerprint density at radius 3 is 2.74 bits per heavy atom. The Balaban J connectivity index is 1.50. The molecule has 23 heavy (non-hydrogen) atoms. The van der Waals surface area contributed by atoms with Crippen LogP contribution in [0.2, 0.25) is 0 Å². The molecule has 0 aromatic carbocycles. The predicted molar refractivity (Wildman–Crippen MR) is 97.0 cm³/mol. The van der Waals surface area contributed by atoms with E-state index >= 15 is 0 Å². The van der Waals surface area contributed by atoms with Crippen LogP contribution < -0.4 is 10.6 Å². The highest BCUT2D eigenvalue weighted by atomic mass is 16.5. The summed E-state index contributed by atoms with van der Waals surface area (Å²) in [7, 11) is 1.84. The zero-order chi connectivity index (χ0) is 16.3. The number of likely N-dealkylation sites (tertiary alicyclic amines) is 1. The standard InChI is InChI=1S/C18H36N4O/c1-3-17-7-4-5-12-22(17)13-11-21-18(19-2)20-10-6-14-23-15-16-8-9-16/h16-17H,3-15H2,1-2H3,(H2,19,20,21). The van der Waals surface area contributed by atoms with Crippen LogP contribution in [0.3, 0.4) is 0 Å². The average molecular weight is 325 g/mol. The maximum atomic E-state index is 5.65. The smallest absolute Gasteiger partial charge is 0.191 e. The molecule has 0 aromatic rings. The van der Waals surface area contributed by atoms with Gasteiger partial charge in [0, 0.05) is 45.9 Å². The molecule has 0 radical (unpaired) electrons. The first-order valence-corrected chi connectivity index (χ1v) is 9.59. The van der Waals surface area contributed by atoms with Gasteiger partial charge in [0.2, 0.25) is 0 Å². The minimum absolute atomic E-state index is 0.782. The lowest BCUT2D eigenvalue weighted by molar-refractivity contribution is 0.123. The van der Waals surface area contributed by atoms with Gasteiger partial charge < -0.3 is 15.4 Å². The highest BCUT2D eigenvalue weighted by molar-refractivity contribution is 5.79. The number of nitrogens with zero attached hydrogens (tertiary/aromatic N) is 2. The molecule has 5 heteroatoms. The van der Waals surface area contributed by atoms with E-state index in [0.717, 1.165) is 57.2 Å². The fraction of sp³-hybridized carbons (Fsp3) is 0.944. The maximum Gasteiger partial charge on any atom is 0.191 e. The van der Waals surface area contributed by atoms with Crippen molar-refractivity contribution in [2.45, 2.75) is 57.9 Å². The van der Waals surface area contributed by atoms with Crippen LogP contribution in [0.15, 0.2) is 4.99 Å². The van der Waals surface area contributed by atoms with Gasteiger partial charge in [-0.15, -0.1) is 0 Å². The lowest BCUT2D eigenvalue weighted by Crippen LogP contribution is -2.46. The number of rotatable bonds is 10. The van der Waals surface area contributed by atoms with Gasteiger partial charge in [-0.2, -0.15) is 0 Å². The van der Waals surface area contributed by atoms with Crippen LogP contribution in [-0.2, 0) is 4.74 Å². The molecule has 0 amide bonds. The van der Waals surface area contributed by atoms with Crippen molar-refractivity contribution >= 4 is 5.96 Å². The third-order valence-electron chi connectivity index (χ3n) is 4.94. The summed E-state index contributed by atoms with van der Waals surface area (Å²) in [6, 6.07) is 0.782. The summed E-state index contributed by atoms with van der Waals surface area (Å²) in [5.41, 5.74) is 0. The van der Waals surface area contributed by atoms with Gasteiger partial charge >= 0.3 is 0 Å². The van der Waals surface area contributed by atoms with Gasteiger partial charge in [0.05, 0.1) is 0 Å². The number of nitrogens with one attached hydrogen (secondary N) is 2. The second-order valence-corrected chi connectivity index (χ2v) is 6.89. The lowest BCUT2D eigenvalue weighted by Gasteiger charge is -2.35. The van der Waals surface area contributed by atoms with E-state index in [9.17, 15) is 0 Å². The summed E-state index contributed by atoms with van der Waals surface area (Å²) in [6.07, 6.45) is 9.16. The number of ether oxygens (including phenoxy) is 1. The summed E-state index contributed by atoms with van der Waals surface area (Å²) < 4.78 is 5.65. The van der Waals surface area contributed by atoms with E-state index in [2.05, 4.69) is 27.4 Å². The van der Waals surface area contributed by atoms with Gasteiger partial charge in [-0.1, -0.05) is 13.3 Å². The summed E-state index contributed by atoms with van der Waals surface area (Å²) in [5, 5.41) is 6.81. The third-order valence-corrected chi connectivity index (χ3v) is 4.94. The summed E-state index contributed by atoms with van der Waals surface area (Å²) >= 11 is 0. The van der Waals surface area contributed by atoms with Crippen LogP contribution in [0.4, 0.5) is 0 Å². The SMILES string of the molecule is CCC1CCCCN1CCNC(=NC)NCCCOCC1CC1. The molecular formula is C18H36N4O. The van der Waals surface area contributed by atoms with E-state index in [0.29, 0.717) is 0 Å². The van der Waals surface area contributed by atoms with E-state index in [-0.39, 0.29) is 0 Å². The molecule has 134 valence electrons. The van der Waals surface area contributed by atoms with Gasteiger partial charge in [-0.05, 0) is 51.0 Å². The third kappa shape index (κ3) is 7.53. The van der Waals surface area contributed by atoms with Crippen LogP contribution in [0.25, 0.3) is 0 Å². The molecule has 2 rings (SSSR count). The van der Waals surface area contributed by atoms with Gasteiger partial charge in [0.25, 0.3) is 0 Å². The predicted octanol–water partition coefficient (Wildman–Crippen LogP) is 2.23. The highest BCUT2D eigenvalue weighted by Crippen LogP contribution is 2.28. The van der Waals surface area contributed by atoms with Crippen molar-refractivity contribution in [3.05, 3.63) is 0 Å². The van der Waals surface area contributed by atoms with Crippen LogP contribution in [0, 0.1) is 5.92 Å². The molecular weight excluding hydrogens is 288 g/mol. The van der Waals surface area contributed by atoms with Gasteiger partial charge in [-0.3, -0.25) is 9.89 Å². The first-order chi connectivity index (χ1) is 11.3. The van der Waals surface area contributed by atoms with Crippen molar-refractivity contribution in [1.82, 2.24) is 15.5 Å². The zero-order valence-electron chi connectivity index (χ0n) is 15.1. The van der Waals surface area contributed by atoms with Gasteiger partial charge in [0.1, 0.15) is 0 Å². The molecule has 2 fully saturated rings. The minimum Gasteiger partial charge on any atom is -0.381 e. The topological polar surface area (TPSA) is 48.9 Å². The average Bonchev–Trinajstić information content (AvgIpc) is 3.41. The van der Waals surface area contributed by atoms with Crippen LogP contribution in [-0.4, -0.2) is 63.3 Å². The molecule has 1 aliphatic heterocycles. The Morgan fingerprint density at radius 1 is 1.17 bits per heavy atom. The molecule has 1 aliphatic carbocycles. The number of aliphatic imine (C=N–C) groups is 1. The number of hydrogen-bond donors (Lipinski definition) is 2. The van der Waals surface area contributed by atoms with Crippen molar-refractivity contribution in [3.63, 3.8) is 0 Å². The highest BCUT2D eigenvalue weighted by Gasteiger charge is 2.21. The number of piperidine rings is 1. The number of hydrogen-bond acceptors (Lipinski definition) is 3. The van der Waals surface area contributed by atoms with Crippen LogP contribution in [0.1, 0.15) is 51.9 Å². The molecule has 5 nitrogen and oxygen atoms in total. The molecule has 0 aromatic heterocycles. The molecule has 1 heterocycles. The minimum atomic E-state index is 0.782. The lowest BCUT2D eigenvalue weighted by atomic mass is 10.0. The van der Waals surface area contributed by atoms with Gasteiger partial charge in [0.15, 0.2) is 5.96 Å². The van der Waals surface area contributed by atoms with E-state index in [1.54, 1.807) is 0 Å². The fourth-order valence-corrected chi connectivity index (χ4v) is 3.27. The van der Waals surface area contributed by atoms with Gasteiger partial charge in [-0.25, -0.2) is 0 Å². The summed E-state index contributed by atoms with van der Waals surface area (Å²) in [4.78, 5) is 6.94. The number of guanidine groups is 1. The molecule has 0 bridgehead atoms. The largest absolute Gasteiger partial charge is 0.381 e. The Kier molecular flexibility index (Phi) is 8.76. The van der Waals surface area contributed by atoms with Crippen molar-refractivity contribution in [3.8, 4) is 0 Å². The Hall–Kier alpha value is -0.810. The van der Waals surface area contributed by atoms with Crippen LogP contribution in [0.5, 0.6) is 0 Å². The van der Waals surface area contributed by atoms with Crippen molar-refractivity contribution in [1.29, 1.82) is 0 Å². The van der Waals surface area contributed by atoms with Crippen LogP contribution >= 0.6 is 0 Å². The van der Waals surface area contributed by atoms with Crippen molar-refractivity contribution in [2.24, 2.45) is 10.9 Å². The molecule has 1 saturated carbocycles. The first-order valence-electron chi connectivity index (χ1n) is 9.59. The monoisotopic (exact) mass is 324 g/mol. The van der Waals surface area contributed by atoms with Crippen molar-refractivity contribution < 1.29 is 4.74 Å².